The smallest absolute Gasteiger partial charge is 0.300 e. The summed E-state index contributed by atoms with van der Waals surface area (Å²) < 4.78 is 0. The fraction of sp³-hybridized carbons (Fsp3) is 0.500. The fourth-order valence-corrected chi connectivity index (χ4v) is 0. The summed E-state index contributed by atoms with van der Waals surface area (Å²) in [6.45, 7) is 2.17. The molecule has 0 rings (SSSR count). The summed E-state index contributed by atoms with van der Waals surface area (Å²) in [5, 5.41) is 14.8. The molecule has 2 N–H and O–H groups in total. The van der Waals surface area contributed by atoms with E-state index < -0.39 is 11.9 Å². The first kappa shape index (κ1) is 15.8. The molecule has 0 bridgehead atoms. The Labute approximate surface area is 63.1 Å². The van der Waals surface area contributed by atoms with E-state index in [1.165, 1.54) is 0 Å². The molecule has 57 valence electrons. The van der Waals surface area contributed by atoms with Crippen molar-refractivity contribution in [3.8, 4) is 0 Å². The minimum absolute atomic E-state index is 0. The van der Waals surface area contributed by atoms with Gasteiger partial charge >= 0.3 is 0 Å². The molecule has 0 spiro atoms. The van der Waals surface area contributed by atoms with Crippen LogP contribution in [-0.2, 0) is 26.4 Å². The average Bonchev–Trinajstić information content (AvgIpc) is 1.25. The number of hydrogen-bond acceptors (Lipinski definition) is 2. The maximum absolute atomic E-state index is 9.00. The van der Waals surface area contributed by atoms with Crippen LogP contribution in [0.1, 0.15) is 13.8 Å². The molecule has 5 heteroatoms. The molecule has 4 nitrogen and oxygen atoms in total. The molecule has 1 radical (unpaired) electrons. The first-order valence-corrected chi connectivity index (χ1v) is 1.86. The van der Waals surface area contributed by atoms with Crippen molar-refractivity contribution in [2.45, 2.75) is 13.8 Å². The van der Waals surface area contributed by atoms with Gasteiger partial charge in [0.1, 0.15) is 0 Å². The molecule has 0 fully saturated rings. The minimum Gasteiger partial charge on any atom is -0.481 e. The molecule has 0 unspecified atom stereocenters. The van der Waals surface area contributed by atoms with Crippen molar-refractivity contribution in [1.29, 1.82) is 0 Å². The van der Waals surface area contributed by atoms with Crippen LogP contribution >= 0.6 is 0 Å². The largest absolute Gasteiger partial charge is 0.481 e. The maximum atomic E-state index is 9.00. The maximum Gasteiger partial charge on any atom is 0.300 e. The van der Waals surface area contributed by atoms with Crippen LogP contribution in [0.3, 0.4) is 0 Å². The summed E-state index contributed by atoms with van der Waals surface area (Å²) in [6, 6.07) is 0. The topological polar surface area (TPSA) is 74.6 Å². The summed E-state index contributed by atoms with van der Waals surface area (Å²) in [5.74, 6) is -1.67. The summed E-state index contributed by atoms with van der Waals surface area (Å²) in [6.07, 6.45) is 0. The van der Waals surface area contributed by atoms with Crippen molar-refractivity contribution < 1.29 is 36.6 Å². The van der Waals surface area contributed by atoms with Crippen molar-refractivity contribution in [1.82, 2.24) is 0 Å². The Hall–Kier alpha value is -0.554. The van der Waals surface area contributed by atoms with E-state index in [-0.39, 0.29) is 16.8 Å². The van der Waals surface area contributed by atoms with Crippen molar-refractivity contribution in [2.24, 2.45) is 0 Å². The van der Waals surface area contributed by atoms with Gasteiger partial charge in [-0.25, -0.2) is 0 Å². The van der Waals surface area contributed by atoms with E-state index in [1.807, 2.05) is 0 Å². The number of hydrogen-bond donors (Lipinski definition) is 2. The zero-order chi connectivity index (χ0) is 7.15. The zero-order valence-corrected chi connectivity index (χ0v) is 6.09. The van der Waals surface area contributed by atoms with E-state index in [0.29, 0.717) is 0 Å². The summed E-state index contributed by atoms with van der Waals surface area (Å²) in [5.41, 5.74) is 0. The Morgan fingerprint density at radius 1 is 1.00 bits per heavy atom. The first-order chi connectivity index (χ1) is 3.46. The second-order valence-electron chi connectivity index (χ2n) is 1.04. The molecule has 0 heterocycles. The predicted octanol–water partition coefficient (Wildman–Crippen LogP) is 0.179. The quantitative estimate of drug-likeness (QED) is 0.556. The number of carboxylic acids is 2. The normalized spacial score (nSPS) is 5.56. The monoisotopic (exact) mass is 179 g/mol. The second-order valence-corrected chi connectivity index (χ2v) is 1.04. The predicted molar refractivity (Wildman–Crippen MR) is 26.6 cm³/mol. The van der Waals surface area contributed by atoms with Crippen LogP contribution in [0.4, 0.5) is 0 Å². The van der Waals surface area contributed by atoms with Crippen LogP contribution in [0, 0.1) is 0 Å². The molecule has 0 aliphatic carbocycles. The van der Waals surface area contributed by atoms with Gasteiger partial charge in [-0.1, -0.05) is 0 Å². The molecule has 0 aliphatic heterocycles. The van der Waals surface area contributed by atoms with Crippen LogP contribution in [0.15, 0.2) is 0 Å². The van der Waals surface area contributed by atoms with E-state index in [4.69, 9.17) is 19.8 Å². The molecule has 9 heavy (non-hydrogen) atoms. The van der Waals surface area contributed by atoms with E-state index in [2.05, 4.69) is 0 Å². The van der Waals surface area contributed by atoms with Gasteiger partial charge in [-0.2, -0.15) is 0 Å². The fourth-order valence-electron chi connectivity index (χ4n) is 0. The average molecular weight is 179 g/mol. The number of rotatable bonds is 0. The van der Waals surface area contributed by atoms with Crippen LogP contribution < -0.4 is 0 Å². The zero-order valence-electron chi connectivity index (χ0n) is 5.04. The third-order valence-electron chi connectivity index (χ3n) is 0. The van der Waals surface area contributed by atoms with E-state index in [9.17, 15) is 0 Å². The Bertz CT molecular complexity index is 70.6. The Balaban J connectivity index is -0.0000000720. The standard InChI is InChI=1S/2C2H4O2.Co/c2*1-2(3)4;/h2*1H3,(H,3,4);. The molecular formula is C4H8CoO4. The van der Waals surface area contributed by atoms with Crippen molar-refractivity contribution in [3.05, 3.63) is 0 Å². The number of carboxylic acid groups (broad SMARTS) is 2. The molecule has 0 amide bonds. The Kier molecular flexibility index (Phi) is 18.3. The SMILES string of the molecule is CC(=O)O.CC(=O)O.[Co]. The molecule has 0 aromatic carbocycles. The number of aliphatic carboxylic acids is 2. The van der Waals surface area contributed by atoms with Crippen molar-refractivity contribution in [2.75, 3.05) is 0 Å². The van der Waals surface area contributed by atoms with Crippen LogP contribution in [0.25, 0.3) is 0 Å². The van der Waals surface area contributed by atoms with E-state index >= 15 is 0 Å². The Morgan fingerprint density at radius 3 is 1.00 bits per heavy atom. The van der Waals surface area contributed by atoms with Crippen molar-refractivity contribution in [3.63, 3.8) is 0 Å². The van der Waals surface area contributed by atoms with Gasteiger partial charge in [0.2, 0.25) is 0 Å². The van der Waals surface area contributed by atoms with Gasteiger partial charge < -0.3 is 10.2 Å². The van der Waals surface area contributed by atoms with Gasteiger partial charge in [-0.15, -0.1) is 0 Å². The first-order valence-electron chi connectivity index (χ1n) is 1.86. The summed E-state index contributed by atoms with van der Waals surface area (Å²) in [4.78, 5) is 18.0. The summed E-state index contributed by atoms with van der Waals surface area (Å²) >= 11 is 0. The third-order valence-corrected chi connectivity index (χ3v) is 0. The molecule has 0 aliphatic rings. The van der Waals surface area contributed by atoms with Crippen molar-refractivity contribution >= 4 is 11.9 Å². The van der Waals surface area contributed by atoms with Crippen LogP contribution in [-0.4, -0.2) is 22.2 Å². The third kappa shape index (κ3) is 721. The molecular weight excluding hydrogens is 171 g/mol. The summed E-state index contributed by atoms with van der Waals surface area (Å²) in [7, 11) is 0. The second kappa shape index (κ2) is 10.4. The molecule has 0 saturated carbocycles. The van der Waals surface area contributed by atoms with E-state index in [1.54, 1.807) is 0 Å². The van der Waals surface area contributed by atoms with Gasteiger partial charge in [0.05, 0.1) is 0 Å². The van der Waals surface area contributed by atoms with Gasteiger partial charge in [0.15, 0.2) is 0 Å². The van der Waals surface area contributed by atoms with Crippen LogP contribution in [0.2, 0.25) is 0 Å². The molecule has 0 saturated heterocycles. The Morgan fingerprint density at radius 2 is 1.00 bits per heavy atom. The van der Waals surface area contributed by atoms with Crippen LogP contribution in [0.5, 0.6) is 0 Å². The van der Waals surface area contributed by atoms with Gasteiger partial charge in [-0.05, 0) is 0 Å². The van der Waals surface area contributed by atoms with Gasteiger partial charge in [-0.3, -0.25) is 9.59 Å². The molecule has 0 aromatic rings. The minimum atomic E-state index is -0.833. The molecule has 0 aromatic heterocycles. The van der Waals surface area contributed by atoms with E-state index in [0.717, 1.165) is 13.8 Å². The van der Waals surface area contributed by atoms with Gasteiger partial charge in [0, 0.05) is 30.6 Å². The molecule has 0 atom stereocenters. The van der Waals surface area contributed by atoms with Gasteiger partial charge in [0.25, 0.3) is 11.9 Å². The number of carbonyl (C=O) groups is 2.